The van der Waals surface area contributed by atoms with Gasteiger partial charge in [0.15, 0.2) is 12.2 Å². The van der Waals surface area contributed by atoms with Crippen molar-refractivity contribution in [3.63, 3.8) is 0 Å². The minimum Gasteiger partial charge on any atom is -0.484 e. The summed E-state index contributed by atoms with van der Waals surface area (Å²) >= 11 is 0. The van der Waals surface area contributed by atoms with Gasteiger partial charge in [-0.05, 0) is 35.9 Å². The lowest BCUT2D eigenvalue weighted by Crippen LogP contribution is -2.51. The van der Waals surface area contributed by atoms with Crippen LogP contribution in [0.4, 0.5) is 30.7 Å². The highest BCUT2D eigenvalue weighted by Gasteiger charge is 2.59. The molecule has 1 atom stereocenters. The van der Waals surface area contributed by atoms with Gasteiger partial charge in [-0.15, -0.1) is 4.70 Å². The smallest absolute Gasteiger partial charge is 0.422 e. The predicted molar refractivity (Wildman–Crippen MR) is 121 cm³/mol. The highest BCUT2D eigenvalue weighted by molar-refractivity contribution is 5.66. The van der Waals surface area contributed by atoms with Gasteiger partial charge < -0.3 is 9.84 Å². The van der Waals surface area contributed by atoms with E-state index in [1.165, 1.54) is 30.3 Å². The van der Waals surface area contributed by atoms with Crippen molar-refractivity contribution in [3.05, 3.63) is 83.7 Å². The fraction of sp³-hybridized carbons (Fsp3) is 0.250. The van der Waals surface area contributed by atoms with Crippen molar-refractivity contribution >= 4 is 5.84 Å². The van der Waals surface area contributed by atoms with Gasteiger partial charge in [0.2, 0.25) is 5.84 Å². The quantitative estimate of drug-likeness (QED) is 0.0682. The van der Waals surface area contributed by atoms with Crippen LogP contribution in [-0.2, 0) is 11.5 Å². The third-order valence-electron chi connectivity index (χ3n) is 5.48. The van der Waals surface area contributed by atoms with Crippen molar-refractivity contribution in [2.45, 2.75) is 24.6 Å². The number of benzene rings is 2. The van der Waals surface area contributed by atoms with Gasteiger partial charge >= 0.3 is 12.1 Å². The number of rotatable bonds is 8. The Balaban J connectivity index is 1.98. The van der Waals surface area contributed by atoms with E-state index < -0.39 is 59.6 Å². The van der Waals surface area contributed by atoms with E-state index in [1.54, 1.807) is 0 Å². The first kappa shape index (κ1) is 28.5. The second-order valence-corrected chi connectivity index (χ2v) is 8.18. The fourth-order valence-electron chi connectivity index (χ4n) is 3.51. The van der Waals surface area contributed by atoms with Gasteiger partial charge in [0.05, 0.1) is 0 Å². The van der Waals surface area contributed by atoms with Gasteiger partial charge in [0.25, 0.3) is 0 Å². The molecule has 0 amide bonds. The summed E-state index contributed by atoms with van der Waals surface area (Å²) in [5.41, 5.74) is -4.71. The number of nitrogens with zero attached hydrogens (tertiary/aromatic N) is 3. The van der Waals surface area contributed by atoms with E-state index in [9.17, 15) is 27.1 Å². The number of amidine groups is 1. The molecule has 3 rings (SSSR count). The second kappa shape index (κ2) is 10.7. The SMILES string of the molecule is CC(=N)[N+](CC(O)(c1ccc(F)cc1F)C(F)(F)c1ccc(-c2ccc(OCC(F)(F)F)cc2)cn1)=NN. The zero-order chi connectivity index (χ0) is 28.3. The Hall–Kier alpha value is -4.07. The van der Waals surface area contributed by atoms with E-state index in [0.29, 0.717) is 28.5 Å². The van der Waals surface area contributed by atoms with Crippen LogP contribution in [0.25, 0.3) is 11.1 Å². The Bertz CT molecular complexity index is 1330. The lowest BCUT2D eigenvalue weighted by Gasteiger charge is -2.35. The van der Waals surface area contributed by atoms with Gasteiger partial charge in [-0.25, -0.2) is 14.6 Å². The van der Waals surface area contributed by atoms with Crippen molar-refractivity contribution in [3.8, 4) is 16.9 Å². The molecular weight excluding hydrogens is 523 g/mol. The number of hydrogen-bond acceptors (Lipinski definition) is 5. The van der Waals surface area contributed by atoms with Gasteiger partial charge in [-0.3, -0.25) is 4.98 Å². The summed E-state index contributed by atoms with van der Waals surface area (Å²) in [6.45, 7) is -1.53. The summed E-state index contributed by atoms with van der Waals surface area (Å²) in [7, 11) is 0. The molecule has 4 N–H and O–H groups in total. The van der Waals surface area contributed by atoms with Crippen molar-refractivity contribution in [2.24, 2.45) is 11.1 Å². The highest BCUT2D eigenvalue weighted by Crippen LogP contribution is 2.46. The predicted octanol–water partition coefficient (Wildman–Crippen LogP) is 5.28. The maximum absolute atomic E-state index is 15.8. The summed E-state index contributed by atoms with van der Waals surface area (Å²) < 4.78 is 102. The van der Waals surface area contributed by atoms with Crippen LogP contribution in [0.3, 0.4) is 0 Å². The number of hydrogen-bond donors (Lipinski definition) is 3. The molecule has 0 aliphatic carbocycles. The lowest BCUT2D eigenvalue weighted by atomic mass is 9.84. The van der Waals surface area contributed by atoms with Crippen LogP contribution >= 0.6 is 0 Å². The average molecular weight is 544 g/mol. The molecule has 1 aromatic heterocycles. The number of pyridine rings is 1. The van der Waals surface area contributed by atoms with Crippen LogP contribution in [-0.4, -0.2) is 40.0 Å². The number of halogens is 7. The first-order valence-corrected chi connectivity index (χ1v) is 10.7. The standard InChI is InChI=1S/C24H20F7N5O2/c1-14(32)36(35-33)12-22(37,19-8-5-17(25)10-20(19)26)24(30,31)21-9-4-16(11-34-21)15-2-6-18(7-3-15)38-13-23(27,28)29/h2-11,32-33,37H,12-13H2,1H3/p+1. The molecule has 0 aliphatic rings. The molecule has 2 aromatic carbocycles. The normalized spacial score (nSPS) is 14.2. The van der Waals surface area contributed by atoms with Crippen LogP contribution in [0.15, 0.2) is 66.0 Å². The Kier molecular flexibility index (Phi) is 8.05. The summed E-state index contributed by atoms with van der Waals surface area (Å²) in [5.74, 6) is -2.22. The van der Waals surface area contributed by atoms with E-state index in [1.807, 2.05) is 0 Å². The number of aromatic nitrogens is 1. The van der Waals surface area contributed by atoms with Crippen molar-refractivity contribution in [1.29, 1.82) is 5.41 Å². The fourth-order valence-corrected chi connectivity index (χ4v) is 3.51. The van der Waals surface area contributed by atoms with Gasteiger partial charge in [-0.1, -0.05) is 18.2 Å². The Morgan fingerprint density at radius 1 is 1.03 bits per heavy atom. The van der Waals surface area contributed by atoms with Crippen LogP contribution < -0.4 is 10.6 Å². The summed E-state index contributed by atoms with van der Waals surface area (Å²) in [4.78, 5) is 3.71. The summed E-state index contributed by atoms with van der Waals surface area (Å²) in [5, 5.41) is 22.0. The number of nitrogens with two attached hydrogens (primary N) is 1. The molecule has 38 heavy (non-hydrogen) atoms. The van der Waals surface area contributed by atoms with Crippen molar-refractivity contribution in [1.82, 2.24) is 4.98 Å². The molecule has 0 bridgehead atoms. The molecule has 0 aliphatic heterocycles. The van der Waals surface area contributed by atoms with E-state index in [2.05, 4.69) is 14.9 Å². The molecule has 1 unspecified atom stereocenters. The van der Waals surface area contributed by atoms with Crippen LogP contribution in [0.2, 0.25) is 0 Å². The average Bonchev–Trinajstić information content (AvgIpc) is 2.85. The summed E-state index contributed by atoms with van der Waals surface area (Å²) in [6.07, 6.45) is -3.50. The third-order valence-corrected chi connectivity index (χ3v) is 5.48. The topological polar surface area (TPSA) is 108 Å². The molecule has 0 saturated carbocycles. The van der Waals surface area contributed by atoms with Gasteiger partial charge in [-0.2, -0.15) is 27.4 Å². The first-order chi connectivity index (χ1) is 17.7. The van der Waals surface area contributed by atoms with E-state index >= 15 is 8.78 Å². The van der Waals surface area contributed by atoms with E-state index in [-0.39, 0.29) is 11.3 Å². The van der Waals surface area contributed by atoms with Crippen molar-refractivity contribution < 1.29 is 45.3 Å². The molecule has 3 aromatic rings. The van der Waals surface area contributed by atoms with Crippen LogP contribution in [0.5, 0.6) is 5.75 Å². The van der Waals surface area contributed by atoms with E-state index in [0.717, 1.165) is 19.2 Å². The Morgan fingerprint density at radius 2 is 1.66 bits per heavy atom. The molecule has 14 heteroatoms. The third kappa shape index (κ3) is 6.07. The van der Waals surface area contributed by atoms with Crippen molar-refractivity contribution in [2.75, 3.05) is 13.2 Å². The number of aliphatic hydroxyl groups is 1. The largest absolute Gasteiger partial charge is 0.484 e. The molecule has 0 saturated heterocycles. The van der Waals surface area contributed by atoms with Gasteiger partial charge in [0, 0.05) is 35.5 Å². The van der Waals surface area contributed by atoms with Crippen LogP contribution in [0, 0.1) is 17.0 Å². The van der Waals surface area contributed by atoms with E-state index in [4.69, 9.17) is 11.3 Å². The minimum absolute atomic E-state index is 0.0649. The molecule has 0 fully saturated rings. The zero-order valence-electron chi connectivity index (χ0n) is 19.6. The molecule has 1 heterocycles. The monoisotopic (exact) mass is 544 g/mol. The number of nitrogens with one attached hydrogen (secondary N) is 1. The van der Waals surface area contributed by atoms with Gasteiger partial charge in [0.1, 0.15) is 29.6 Å². The molecule has 202 valence electrons. The number of ether oxygens (including phenoxy) is 1. The maximum atomic E-state index is 15.8. The zero-order valence-corrected chi connectivity index (χ0v) is 19.6. The molecule has 0 radical (unpaired) electrons. The highest BCUT2D eigenvalue weighted by atomic mass is 19.4. The molecule has 0 spiro atoms. The molecule has 7 nitrogen and oxygen atoms in total. The maximum Gasteiger partial charge on any atom is 0.422 e. The minimum atomic E-state index is -4.52. The Morgan fingerprint density at radius 3 is 2.16 bits per heavy atom. The summed E-state index contributed by atoms with van der Waals surface area (Å²) in [6, 6.07) is 8.98. The number of alkyl halides is 5. The second-order valence-electron chi connectivity index (χ2n) is 8.18. The Labute approximate surface area is 211 Å². The lowest BCUT2D eigenvalue weighted by molar-refractivity contribution is -0.520. The van der Waals surface area contributed by atoms with Crippen LogP contribution in [0.1, 0.15) is 18.2 Å². The first-order valence-electron chi connectivity index (χ1n) is 10.7. The molecular formula is C24H21F7N5O2+.